The van der Waals surface area contributed by atoms with Gasteiger partial charge >= 0.3 is 0 Å². The summed E-state index contributed by atoms with van der Waals surface area (Å²) in [6.45, 7) is 0. The van der Waals surface area contributed by atoms with E-state index in [9.17, 15) is 0 Å². The van der Waals surface area contributed by atoms with E-state index in [0.29, 0.717) is 0 Å². The molecule has 0 saturated heterocycles. The SMILES string of the molecule is [CH]1CC2CC1C1[CH]CCC21. The quantitative estimate of drug-likeness (QED) is 0.477. The molecule has 0 aromatic carbocycles. The zero-order valence-corrected chi connectivity index (χ0v) is 6.29. The predicted octanol–water partition coefficient (Wildman–Crippen LogP) is 2.46. The molecule has 2 radical (unpaired) electrons. The van der Waals surface area contributed by atoms with E-state index in [0.717, 1.165) is 23.7 Å². The molecule has 3 saturated carbocycles. The molecule has 0 heterocycles. The molecular weight excluding hydrogens is 120 g/mol. The van der Waals surface area contributed by atoms with Crippen LogP contribution in [0.5, 0.6) is 0 Å². The predicted molar refractivity (Wildman–Crippen MR) is 41.0 cm³/mol. The van der Waals surface area contributed by atoms with Gasteiger partial charge in [-0.15, -0.1) is 0 Å². The van der Waals surface area contributed by atoms with Crippen molar-refractivity contribution in [2.24, 2.45) is 23.7 Å². The molecule has 3 fully saturated rings. The smallest absolute Gasteiger partial charge is 0.0321 e. The van der Waals surface area contributed by atoms with Gasteiger partial charge < -0.3 is 0 Å². The molecule has 0 N–H and O–H groups in total. The molecule has 3 aliphatic rings. The van der Waals surface area contributed by atoms with Crippen LogP contribution in [0.2, 0.25) is 0 Å². The van der Waals surface area contributed by atoms with Crippen molar-refractivity contribution in [1.82, 2.24) is 0 Å². The van der Waals surface area contributed by atoms with Crippen molar-refractivity contribution in [3.05, 3.63) is 12.8 Å². The van der Waals surface area contributed by atoms with Gasteiger partial charge in [0.15, 0.2) is 0 Å². The third-order valence-corrected chi connectivity index (χ3v) is 3.85. The number of fused-ring (bicyclic) bond motifs is 5. The summed E-state index contributed by atoms with van der Waals surface area (Å²) in [5.74, 6) is 4.26. The van der Waals surface area contributed by atoms with Crippen LogP contribution in [-0.2, 0) is 0 Å². The Morgan fingerprint density at radius 1 is 1.20 bits per heavy atom. The van der Waals surface area contributed by atoms with E-state index in [1.807, 2.05) is 0 Å². The topological polar surface area (TPSA) is 0 Å². The first-order valence-corrected chi connectivity index (χ1v) is 4.62. The minimum atomic E-state index is 1.01. The van der Waals surface area contributed by atoms with Gasteiger partial charge in [0.05, 0.1) is 0 Å². The Bertz CT molecular complexity index is 134. The second-order valence-electron chi connectivity index (χ2n) is 4.19. The highest BCUT2D eigenvalue weighted by Gasteiger charge is 2.49. The molecular formula is C10H14. The minimum Gasteiger partial charge on any atom is -0.0496 e. The fourth-order valence-electron chi connectivity index (χ4n) is 3.45. The van der Waals surface area contributed by atoms with Crippen molar-refractivity contribution in [2.75, 3.05) is 0 Å². The van der Waals surface area contributed by atoms with Crippen LogP contribution in [0.3, 0.4) is 0 Å². The summed E-state index contributed by atoms with van der Waals surface area (Å²) in [6.07, 6.45) is 11.1. The highest BCUT2D eigenvalue weighted by Crippen LogP contribution is 2.57. The van der Waals surface area contributed by atoms with Crippen LogP contribution in [0.1, 0.15) is 25.7 Å². The molecule has 2 bridgehead atoms. The normalized spacial score (nSPS) is 57.6. The number of hydrogen-bond acceptors (Lipinski definition) is 0. The fraction of sp³-hybridized carbons (Fsp3) is 0.800. The van der Waals surface area contributed by atoms with E-state index in [4.69, 9.17) is 0 Å². The fourth-order valence-corrected chi connectivity index (χ4v) is 3.45. The highest BCUT2D eigenvalue weighted by atomic mass is 14.5. The van der Waals surface area contributed by atoms with Gasteiger partial charge in [-0.1, -0.05) is 0 Å². The highest BCUT2D eigenvalue weighted by molar-refractivity contribution is 5.11. The molecule has 0 amide bonds. The number of hydrogen-bond donors (Lipinski definition) is 0. The largest absolute Gasteiger partial charge is 0.0496 e. The first-order valence-electron chi connectivity index (χ1n) is 4.62. The average molecular weight is 134 g/mol. The summed E-state index contributed by atoms with van der Waals surface area (Å²) >= 11 is 0. The Morgan fingerprint density at radius 3 is 3.10 bits per heavy atom. The van der Waals surface area contributed by atoms with Crippen LogP contribution in [0, 0.1) is 36.5 Å². The first kappa shape index (κ1) is 5.62. The summed E-state index contributed by atoms with van der Waals surface area (Å²) in [6, 6.07) is 0. The van der Waals surface area contributed by atoms with Crippen molar-refractivity contribution in [2.45, 2.75) is 25.7 Å². The molecule has 10 heavy (non-hydrogen) atoms. The van der Waals surface area contributed by atoms with E-state index < -0.39 is 0 Å². The third-order valence-electron chi connectivity index (χ3n) is 3.85. The zero-order valence-electron chi connectivity index (χ0n) is 6.29. The summed E-state index contributed by atoms with van der Waals surface area (Å²) in [7, 11) is 0. The van der Waals surface area contributed by atoms with Crippen LogP contribution in [0.25, 0.3) is 0 Å². The van der Waals surface area contributed by atoms with Crippen molar-refractivity contribution in [1.29, 1.82) is 0 Å². The van der Waals surface area contributed by atoms with E-state index in [1.165, 1.54) is 25.7 Å². The molecule has 0 aliphatic heterocycles. The second kappa shape index (κ2) is 1.78. The van der Waals surface area contributed by atoms with Crippen LogP contribution in [0.4, 0.5) is 0 Å². The van der Waals surface area contributed by atoms with Gasteiger partial charge in [-0.2, -0.15) is 0 Å². The summed E-state index contributed by atoms with van der Waals surface area (Å²) in [4.78, 5) is 0. The van der Waals surface area contributed by atoms with E-state index in [2.05, 4.69) is 12.8 Å². The molecule has 4 unspecified atom stereocenters. The van der Waals surface area contributed by atoms with Crippen molar-refractivity contribution in [3.8, 4) is 0 Å². The standard InChI is InChI=1S/C10H14/c1-2-9-7-4-5-8(6-7)10(9)3-1/h2,4,7-10H,1,3,5-6H2. The third kappa shape index (κ3) is 0.538. The van der Waals surface area contributed by atoms with Crippen molar-refractivity contribution >= 4 is 0 Å². The minimum absolute atomic E-state index is 1.01. The molecule has 3 rings (SSSR count). The lowest BCUT2D eigenvalue weighted by Gasteiger charge is -2.23. The summed E-state index contributed by atoms with van der Waals surface area (Å²) in [5, 5.41) is 0. The van der Waals surface area contributed by atoms with Gasteiger partial charge in [0.25, 0.3) is 0 Å². The Kier molecular flexibility index (Phi) is 1.00. The Balaban J connectivity index is 1.92. The number of rotatable bonds is 0. The first-order chi connectivity index (χ1) is 4.95. The van der Waals surface area contributed by atoms with Gasteiger partial charge in [0, 0.05) is 0 Å². The van der Waals surface area contributed by atoms with Crippen LogP contribution in [0.15, 0.2) is 0 Å². The van der Waals surface area contributed by atoms with E-state index in [-0.39, 0.29) is 0 Å². The molecule has 4 atom stereocenters. The molecule has 54 valence electrons. The maximum atomic E-state index is 2.59. The molecule has 0 heteroatoms. The molecule has 3 aliphatic carbocycles. The van der Waals surface area contributed by atoms with Crippen molar-refractivity contribution in [3.63, 3.8) is 0 Å². The van der Waals surface area contributed by atoms with Gasteiger partial charge in [-0.05, 0) is 62.2 Å². The van der Waals surface area contributed by atoms with Crippen LogP contribution >= 0.6 is 0 Å². The molecule has 0 spiro atoms. The molecule has 0 nitrogen and oxygen atoms in total. The van der Waals surface area contributed by atoms with Gasteiger partial charge in [-0.25, -0.2) is 0 Å². The van der Waals surface area contributed by atoms with Crippen LogP contribution in [-0.4, -0.2) is 0 Å². The summed E-state index contributed by atoms with van der Waals surface area (Å²) < 4.78 is 0. The zero-order chi connectivity index (χ0) is 6.55. The lowest BCUT2D eigenvalue weighted by atomic mass is 9.82. The molecule has 0 aromatic heterocycles. The summed E-state index contributed by atoms with van der Waals surface area (Å²) in [5.41, 5.74) is 0. The maximum absolute atomic E-state index is 2.59. The lowest BCUT2D eigenvalue weighted by molar-refractivity contribution is 0.322. The van der Waals surface area contributed by atoms with Crippen molar-refractivity contribution < 1.29 is 0 Å². The lowest BCUT2D eigenvalue weighted by Crippen LogP contribution is -2.16. The Hall–Kier alpha value is 0. The Morgan fingerprint density at radius 2 is 2.20 bits per heavy atom. The monoisotopic (exact) mass is 134 g/mol. The van der Waals surface area contributed by atoms with Gasteiger partial charge in [0.2, 0.25) is 0 Å². The maximum Gasteiger partial charge on any atom is -0.0321 e. The Labute approximate surface area is 63.0 Å². The molecule has 0 aromatic rings. The van der Waals surface area contributed by atoms with Gasteiger partial charge in [0.1, 0.15) is 0 Å². The average Bonchev–Trinajstić information content (AvgIpc) is 2.60. The van der Waals surface area contributed by atoms with E-state index in [1.54, 1.807) is 0 Å². The van der Waals surface area contributed by atoms with Crippen LogP contribution < -0.4 is 0 Å². The van der Waals surface area contributed by atoms with E-state index >= 15 is 0 Å². The van der Waals surface area contributed by atoms with Gasteiger partial charge in [-0.3, -0.25) is 0 Å². The second-order valence-corrected chi connectivity index (χ2v) is 4.19.